The lowest BCUT2D eigenvalue weighted by Gasteiger charge is -2.32. The van der Waals surface area contributed by atoms with Crippen LogP contribution >= 0.6 is 23.5 Å². The summed E-state index contributed by atoms with van der Waals surface area (Å²) in [4.78, 5) is 19.6. The quantitative estimate of drug-likeness (QED) is 0.663. The van der Waals surface area contributed by atoms with E-state index in [2.05, 4.69) is 23.2 Å². The van der Waals surface area contributed by atoms with E-state index in [1.165, 1.54) is 5.56 Å². The molecule has 0 atom stereocenters. The van der Waals surface area contributed by atoms with Gasteiger partial charge in [-0.05, 0) is 30.0 Å². The van der Waals surface area contributed by atoms with E-state index in [0.717, 1.165) is 59.5 Å². The Morgan fingerprint density at radius 1 is 1.10 bits per heavy atom. The monoisotopic (exact) mass is 426 g/mol. The van der Waals surface area contributed by atoms with E-state index >= 15 is 0 Å². The molecule has 0 aromatic heterocycles. The van der Waals surface area contributed by atoms with Crippen molar-refractivity contribution >= 4 is 33.8 Å². The van der Waals surface area contributed by atoms with Gasteiger partial charge in [0.05, 0.1) is 19.3 Å². The molecule has 0 bridgehead atoms. The highest BCUT2D eigenvalue weighted by molar-refractivity contribution is 8.38. The first kappa shape index (κ1) is 20.5. The first-order chi connectivity index (χ1) is 14.3. The molecule has 2 aliphatic heterocycles. The number of likely N-dealkylation sites (tertiary alicyclic amines) is 1. The van der Waals surface area contributed by atoms with Crippen LogP contribution in [0.4, 0.5) is 0 Å². The van der Waals surface area contributed by atoms with Crippen LogP contribution in [0.5, 0.6) is 0 Å². The smallest absolute Gasteiger partial charge is 0.254 e. The maximum atomic E-state index is 13.1. The zero-order valence-corrected chi connectivity index (χ0v) is 18.1. The number of carbonyl (C=O) groups is 1. The Hall–Kier alpha value is -1.76. The molecular weight excluding hydrogens is 400 g/mol. The molecule has 1 amide bonds. The van der Waals surface area contributed by atoms with Crippen LogP contribution in [0.25, 0.3) is 0 Å². The van der Waals surface area contributed by atoms with Crippen molar-refractivity contribution < 1.29 is 9.53 Å². The summed E-state index contributed by atoms with van der Waals surface area (Å²) in [6.07, 6.45) is 2.01. The number of aliphatic imine (C=N–C) groups is 1. The Morgan fingerprint density at radius 3 is 2.62 bits per heavy atom. The number of hydrogen-bond acceptors (Lipinski definition) is 5. The summed E-state index contributed by atoms with van der Waals surface area (Å²) in [5.74, 6) is 2.01. The number of piperidine rings is 1. The average Bonchev–Trinajstić information content (AvgIpc) is 3.31. The molecule has 2 aromatic rings. The third-order valence-electron chi connectivity index (χ3n) is 5.21. The molecule has 0 N–H and O–H groups in total. The maximum absolute atomic E-state index is 13.1. The lowest BCUT2D eigenvalue weighted by molar-refractivity contribution is -0.000395. The minimum Gasteiger partial charge on any atom is -0.373 e. The number of thioether (sulfide) groups is 2. The van der Waals surface area contributed by atoms with Crippen LogP contribution in [0.2, 0.25) is 0 Å². The van der Waals surface area contributed by atoms with E-state index in [9.17, 15) is 4.79 Å². The second-order valence-corrected chi connectivity index (χ2v) is 9.54. The lowest BCUT2D eigenvalue weighted by atomic mass is 10.0. The van der Waals surface area contributed by atoms with E-state index in [0.29, 0.717) is 6.61 Å². The van der Waals surface area contributed by atoms with Crippen molar-refractivity contribution in [1.29, 1.82) is 0 Å². The number of hydrogen-bond donors (Lipinski definition) is 0. The van der Waals surface area contributed by atoms with E-state index in [-0.39, 0.29) is 12.0 Å². The van der Waals surface area contributed by atoms with Crippen LogP contribution in [-0.2, 0) is 17.1 Å². The minimum absolute atomic E-state index is 0.142. The van der Waals surface area contributed by atoms with Gasteiger partial charge < -0.3 is 9.64 Å². The number of benzene rings is 2. The fraction of sp³-hybridized carbons (Fsp3) is 0.391. The molecule has 4 nitrogen and oxygen atoms in total. The fourth-order valence-electron chi connectivity index (χ4n) is 3.58. The van der Waals surface area contributed by atoms with Crippen LogP contribution < -0.4 is 0 Å². The van der Waals surface area contributed by atoms with Crippen LogP contribution in [0.3, 0.4) is 0 Å². The molecule has 152 valence electrons. The van der Waals surface area contributed by atoms with Gasteiger partial charge >= 0.3 is 0 Å². The molecule has 1 saturated heterocycles. The van der Waals surface area contributed by atoms with Gasteiger partial charge in [-0.15, -0.1) is 0 Å². The molecule has 1 fully saturated rings. The number of rotatable bonds is 6. The Bertz CT molecular complexity index is 849. The predicted molar refractivity (Wildman–Crippen MR) is 123 cm³/mol. The summed E-state index contributed by atoms with van der Waals surface area (Å²) >= 11 is 3.55. The van der Waals surface area contributed by atoms with Crippen molar-refractivity contribution in [2.45, 2.75) is 31.3 Å². The van der Waals surface area contributed by atoms with Crippen LogP contribution in [0, 0.1) is 0 Å². The van der Waals surface area contributed by atoms with E-state index in [4.69, 9.17) is 4.74 Å². The number of ether oxygens (including phenoxy) is 1. The van der Waals surface area contributed by atoms with Crippen molar-refractivity contribution in [2.24, 2.45) is 4.99 Å². The first-order valence-corrected chi connectivity index (χ1v) is 12.1. The molecule has 0 radical (unpaired) electrons. The third-order valence-corrected chi connectivity index (χ3v) is 7.52. The molecule has 6 heteroatoms. The number of amides is 1. The summed E-state index contributed by atoms with van der Waals surface area (Å²) in [6, 6.07) is 18.3. The topological polar surface area (TPSA) is 41.9 Å². The summed E-state index contributed by atoms with van der Waals surface area (Å²) in [6.45, 7) is 3.06. The lowest BCUT2D eigenvalue weighted by Crippen LogP contribution is -2.41. The van der Waals surface area contributed by atoms with Crippen LogP contribution in [-0.4, -0.2) is 46.7 Å². The van der Waals surface area contributed by atoms with Crippen LogP contribution in [0.1, 0.15) is 34.3 Å². The molecule has 4 rings (SSSR count). The standard InChI is InChI=1S/C23H26N2O2S2/c26-22(21-9-5-4-8-19(21)17-29-23-24-12-15-28-23)25-13-10-20(11-14-25)27-16-18-6-2-1-3-7-18/h1-9,20H,10-17H2. The van der Waals surface area contributed by atoms with Crippen molar-refractivity contribution in [3.8, 4) is 0 Å². The van der Waals surface area contributed by atoms with Crippen LogP contribution in [0.15, 0.2) is 59.6 Å². The Balaban J connectivity index is 1.30. The molecule has 29 heavy (non-hydrogen) atoms. The molecule has 0 spiro atoms. The van der Waals surface area contributed by atoms with Gasteiger partial charge in [0.15, 0.2) is 0 Å². The van der Waals surface area contributed by atoms with Crippen molar-refractivity contribution in [3.63, 3.8) is 0 Å². The SMILES string of the molecule is O=C(c1ccccc1CSC1=NCCS1)N1CCC(OCc2ccccc2)CC1. The van der Waals surface area contributed by atoms with Gasteiger partial charge in [0, 0.05) is 30.2 Å². The molecule has 0 unspecified atom stereocenters. The van der Waals surface area contributed by atoms with Crippen molar-refractivity contribution in [1.82, 2.24) is 4.90 Å². The van der Waals surface area contributed by atoms with Gasteiger partial charge in [0.2, 0.25) is 0 Å². The molecule has 0 saturated carbocycles. The third kappa shape index (κ3) is 5.65. The normalized spacial score (nSPS) is 17.4. The van der Waals surface area contributed by atoms with Gasteiger partial charge in [0.25, 0.3) is 5.91 Å². The van der Waals surface area contributed by atoms with E-state index in [1.54, 1.807) is 11.8 Å². The van der Waals surface area contributed by atoms with Crippen molar-refractivity contribution in [3.05, 3.63) is 71.3 Å². The highest BCUT2D eigenvalue weighted by Crippen LogP contribution is 2.27. The highest BCUT2D eigenvalue weighted by Gasteiger charge is 2.25. The highest BCUT2D eigenvalue weighted by atomic mass is 32.2. The van der Waals surface area contributed by atoms with Gasteiger partial charge in [-0.3, -0.25) is 9.79 Å². The van der Waals surface area contributed by atoms with Gasteiger partial charge in [0.1, 0.15) is 4.38 Å². The van der Waals surface area contributed by atoms with Crippen molar-refractivity contribution in [2.75, 3.05) is 25.4 Å². The Labute approximate surface area is 181 Å². The Morgan fingerprint density at radius 2 is 1.86 bits per heavy atom. The van der Waals surface area contributed by atoms with E-state index in [1.807, 2.05) is 53.1 Å². The minimum atomic E-state index is 0.142. The molecule has 2 aromatic carbocycles. The maximum Gasteiger partial charge on any atom is 0.254 e. The first-order valence-electron chi connectivity index (χ1n) is 10.1. The zero-order valence-electron chi connectivity index (χ0n) is 16.5. The molecule has 0 aliphatic carbocycles. The molecular formula is C23H26N2O2S2. The fourth-order valence-corrected chi connectivity index (χ4v) is 5.59. The zero-order chi connectivity index (χ0) is 19.9. The molecule has 2 aliphatic rings. The summed E-state index contributed by atoms with van der Waals surface area (Å²) in [5.41, 5.74) is 3.12. The number of nitrogens with zero attached hydrogens (tertiary/aromatic N) is 2. The average molecular weight is 427 g/mol. The number of carbonyl (C=O) groups excluding carboxylic acids is 1. The summed E-state index contributed by atoms with van der Waals surface area (Å²) in [5, 5.41) is 0. The van der Waals surface area contributed by atoms with E-state index < -0.39 is 0 Å². The van der Waals surface area contributed by atoms with Gasteiger partial charge in [-0.25, -0.2) is 0 Å². The second-order valence-electron chi connectivity index (χ2n) is 7.23. The van der Waals surface area contributed by atoms with Gasteiger partial charge in [-0.2, -0.15) is 0 Å². The Kier molecular flexibility index (Phi) is 7.30. The second kappa shape index (κ2) is 10.3. The predicted octanol–water partition coefficient (Wildman–Crippen LogP) is 4.84. The molecule has 2 heterocycles. The largest absolute Gasteiger partial charge is 0.373 e. The summed E-state index contributed by atoms with van der Waals surface area (Å²) in [7, 11) is 0. The van der Waals surface area contributed by atoms with Gasteiger partial charge in [-0.1, -0.05) is 72.1 Å². The summed E-state index contributed by atoms with van der Waals surface area (Å²) < 4.78 is 7.21.